The van der Waals surface area contributed by atoms with Gasteiger partial charge in [-0.15, -0.1) is 0 Å². The number of ketones is 1. The topological polar surface area (TPSA) is 284 Å². The molecule has 0 amide bonds. The minimum atomic E-state index is -1.10. The predicted molar refractivity (Wildman–Crippen MR) is 495 cm³/mol. The zero-order valence-electron chi connectivity index (χ0n) is 73.1. The second-order valence-electron chi connectivity index (χ2n) is 34.5. The Hall–Kier alpha value is -12.5. The molecule has 12 aromatic rings. The Morgan fingerprint density at radius 2 is 0.744 bits per heavy atom. The van der Waals surface area contributed by atoms with Gasteiger partial charge in [-0.2, -0.15) is 0 Å². The highest BCUT2D eigenvalue weighted by Gasteiger charge is 2.36. The molecule has 17 rings (SSSR count). The molecule has 4 aliphatic carbocycles. The van der Waals surface area contributed by atoms with Crippen molar-refractivity contribution >= 4 is 97.6 Å². The number of aliphatic hydroxyl groups excluding tert-OH is 5. The van der Waals surface area contributed by atoms with E-state index in [0.717, 1.165) is 185 Å². The van der Waals surface area contributed by atoms with E-state index in [2.05, 4.69) is 33.7 Å². The van der Waals surface area contributed by atoms with Gasteiger partial charge in [0.15, 0.2) is 5.78 Å². The molecule has 0 spiro atoms. The lowest BCUT2D eigenvalue weighted by atomic mass is 9.92. The van der Waals surface area contributed by atoms with Crippen molar-refractivity contribution in [3.8, 4) is 44.5 Å². The van der Waals surface area contributed by atoms with Crippen LogP contribution in [0, 0.1) is 17.5 Å². The maximum absolute atomic E-state index is 13.7. The molecule has 1 unspecified atom stereocenters. The van der Waals surface area contributed by atoms with E-state index in [0.29, 0.717) is 30.1 Å². The first-order valence-corrected chi connectivity index (χ1v) is 44.0. The Bertz CT molecular complexity index is 6140. The third kappa shape index (κ3) is 24.9. The average molecular weight is 1750 g/mol. The van der Waals surface area contributed by atoms with Crippen LogP contribution in [0.1, 0.15) is 192 Å². The third-order valence-electron chi connectivity index (χ3n) is 23.1. The largest absolute Gasteiger partial charge is 0.469 e. The maximum atomic E-state index is 13.7. The molecule has 1 aliphatic heterocycles. The molecule has 7 atom stereocenters. The van der Waals surface area contributed by atoms with Crippen LogP contribution in [0.2, 0.25) is 0 Å². The lowest BCUT2D eigenvalue weighted by molar-refractivity contribution is -0.158. The summed E-state index contributed by atoms with van der Waals surface area (Å²) in [5.74, 6) is -1.50. The van der Waals surface area contributed by atoms with E-state index in [9.17, 15) is 62.7 Å². The zero-order valence-corrected chi connectivity index (χ0v) is 73.1. The molecule has 4 aromatic heterocycles. The van der Waals surface area contributed by atoms with E-state index < -0.39 is 54.0 Å². The molecule has 5 heterocycles. The summed E-state index contributed by atoms with van der Waals surface area (Å²) >= 11 is 0. The van der Waals surface area contributed by atoms with Crippen molar-refractivity contribution in [1.82, 2.24) is 19.9 Å². The number of fused-ring (bicyclic) bond motifs is 4. The van der Waals surface area contributed by atoms with E-state index in [1.165, 1.54) is 56.7 Å². The van der Waals surface area contributed by atoms with Crippen molar-refractivity contribution in [2.24, 2.45) is 0 Å². The quantitative estimate of drug-likeness (QED) is 0.0165. The summed E-state index contributed by atoms with van der Waals surface area (Å²) in [4.78, 5) is 78.9. The van der Waals surface area contributed by atoms with Crippen LogP contribution < -0.4 is 0 Å². The van der Waals surface area contributed by atoms with Gasteiger partial charge < -0.3 is 49.2 Å². The van der Waals surface area contributed by atoms with Crippen LogP contribution >= 0.6 is 0 Å². The highest BCUT2D eigenvalue weighted by Crippen LogP contribution is 2.50. The minimum Gasteiger partial charge on any atom is -0.469 e. The van der Waals surface area contributed by atoms with Crippen LogP contribution in [0.15, 0.2) is 224 Å². The number of esters is 4. The summed E-state index contributed by atoms with van der Waals surface area (Å²) in [6.07, 6.45) is 17.6. The number of para-hydroxylation sites is 4. The van der Waals surface area contributed by atoms with E-state index in [1.54, 1.807) is 70.4 Å². The van der Waals surface area contributed by atoms with Gasteiger partial charge in [0.05, 0.1) is 121 Å². The number of aliphatic hydroxyl groups is 5. The molecule has 0 bridgehead atoms. The van der Waals surface area contributed by atoms with Crippen molar-refractivity contribution < 1.29 is 86.4 Å². The van der Waals surface area contributed by atoms with Crippen molar-refractivity contribution in [1.29, 1.82) is 0 Å². The number of hydrogen-bond acceptors (Lipinski definition) is 19. The van der Waals surface area contributed by atoms with Gasteiger partial charge in [-0.3, -0.25) is 43.9 Å². The van der Waals surface area contributed by atoms with Crippen LogP contribution in [0.25, 0.3) is 112 Å². The fraction of sp³-hybridized carbons (Fsp3) is 0.318. The monoisotopic (exact) mass is 1740 g/mol. The number of aromatic nitrogens is 4. The number of ether oxygens (including phenoxy) is 5. The van der Waals surface area contributed by atoms with Gasteiger partial charge in [0.1, 0.15) is 29.2 Å². The SMILES string of the molecule is CC(C)(C)OC(=O)C[C@H](O)C[C@H](O)/C=C/c1c(C2CC2)nc2ccccc2c1-c1ccc(F)cc1.COC(=O)C[C@H](O)CC(=O)/C=C/c1c(C2CC2)nc2ccccc2c1-c1ccc(F)cc1.COC(=O)C[C@H](O)C[C@H](O)/C=C/c1c(C2CC2)nc2ccccc2c1-c1ccccc1.CO[C@@H]1CC(=O)OC(/C=C/c2c(C3CC3)nc3ccccc3c2-c2ccc(F)cc2)C1. The molecule has 5 fully saturated rings. The van der Waals surface area contributed by atoms with Gasteiger partial charge in [-0.1, -0.05) is 170 Å². The molecule has 8 aromatic carbocycles. The minimum absolute atomic E-state index is 0.00139. The molecular formula is C107H107F3N4O15. The number of cyclic esters (lactones) is 1. The number of allylic oxidation sites excluding steroid dienone is 1. The lowest BCUT2D eigenvalue weighted by Crippen LogP contribution is -2.32. The lowest BCUT2D eigenvalue weighted by Gasteiger charge is -2.26. The van der Waals surface area contributed by atoms with Gasteiger partial charge in [0, 0.05) is 123 Å². The van der Waals surface area contributed by atoms with Gasteiger partial charge in [0.25, 0.3) is 0 Å². The van der Waals surface area contributed by atoms with Crippen molar-refractivity contribution in [3.05, 3.63) is 287 Å². The summed E-state index contributed by atoms with van der Waals surface area (Å²) in [6, 6.07) is 61.4. The van der Waals surface area contributed by atoms with Crippen molar-refractivity contribution in [2.75, 3.05) is 21.3 Å². The third-order valence-corrected chi connectivity index (χ3v) is 23.1. The van der Waals surface area contributed by atoms with Crippen LogP contribution in [-0.2, 0) is 47.7 Å². The Labute approximate surface area is 748 Å². The van der Waals surface area contributed by atoms with Crippen LogP contribution in [0.5, 0.6) is 0 Å². The Balaban J connectivity index is 0.000000139. The Kier molecular flexibility index (Phi) is 30.6. The molecule has 0 radical (unpaired) electrons. The summed E-state index contributed by atoms with van der Waals surface area (Å²) in [5, 5.41) is 55.3. The van der Waals surface area contributed by atoms with Gasteiger partial charge >= 0.3 is 23.9 Å². The molecule has 1 saturated heterocycles. The summed E-state index contributed by atoms with van der Waals surface area (Å²) in [7, 11) is 4.14. The van der Waals surface area contributed by atoms with Crippen molar-refractivity contribution in [2.45, 2.75) is 196 Å². The highest BCUT2D eigenvalue weighted by atomic mass is 19.1. The van der Waals surface area contributed by atoms with E-state index >= 15 is 0 Å². The predicted octanol–water partition coefficient (Wildman–Crippen LogP) is 20.7. The molecular weight excluding hydrogens is 1640 g/mol. The van der Waals surface area contributed by atoms with E-state index in [-0.39, 0.29) is 86.4 Å². The molecule has 129 heavy (non-hydrogen) atoms. The van der Waals surface area contributed by atoms with E-state index in [4.69, 9.17) is 34.1 Å². The number of carbonyl (C=O) groups excluding carboxylic acids is 5. The standard InChI is InChI=1S/C29H32FNO4.C26H24FNO4.C26H24FNO3.C26H27NO4/c1-29(2,3)35-26(34)17-22(33)16-21(32)14-15-24-27(18-10-12-20(30)13-11-18)23-6-4-5-7-25(23)31-28(24)19-8-9-19;1-32-24(31)15-20(30)14-19(29)12-13-22-25(16-8-10-18(27)11-9-16)21-4-2-3-5-23(21)28-26(22)17-6-7-17;1-30-20-14-19(31-24(29)15-20)12-13-22-25(16-8-10-18(27)11-9-16)21-4-2-3-5-23(21)28-26(22)17-6-7-17;1-31-24(30)16-20(29)15-19(28)13-14-22-25(17-7-3-2-4-8-17)21-9-5-6-10-23(21)27-26(22)18-11-12-18/h4-7,10-15,19,21-22,32-33H,8-9,16-17H2,1-3H3;2-5,8-13,17,20,30H,6-7,14-15H2,1H3;2-5,8-13,17,19-20H,6-7,14-15H2,1H3;2-10,13-14,18-20,28-29H,11-12,15-16H2,1H3/b15-14+;2*13-12+;14-13+/t21-,22-;20-;19?,20-;19-,20-/m1101/s1. The summed E-state index contributed by atoms with van der Waals surface area (Å²) in [6.45, 7) is 5.30. The number of hydrogen-bond donors (Lipinski definition) is 5. The second-order valence-corrected chi connectivity index (χ2v) is 34.5. The smallest absolute Gasteiger partial charge is 0.309 e. The fourth-order valence-corrected chi connectivity index (χ4v) is 16.3. The van der Waals surface area contributed by atoms with Crippen LogP contribution in [0.3, 0.4) is 0 Å². The normalized spacial score (nSPS) is 16.9. The molecule has 5 aliphatic rings. The second kappa shape index (κ2) is 42.6. The molecule has 5 N–H and O–H groups in total. The number of halogens is 3. The Morgan fingerprint density at radius 3 is 1.09 bits per heavy atom. The summed E-state index contributed by atoms with van der Waals surface area (Å²) in [5.41, 5.74) is 18.4. The van der Waals surface area contributed by atoms with Gasteiger partial charge in [0.2, 0.25) is 0 Å². The van der Waals surface area contributed by atoms with Gasteiger partial charge in [-0.05, 0) is 173 Å². The number of nitrogens with zero attached hydrogens (tertiary/aromatic N) is 4. The first kappa shape index (κ1) is 92.6. The number of carbonyl (C=O) groups is 5. The first-order valence-electron chi connectivity index (χ1n) is 44.0. The van der Waals surface area contributed by atoms with E-state index in [1.807, 2.05) is 140 Å². The summed E-state index contributed by atoms with van der Waals surface area (Å²) < 4.78 is 66.2. The Morgan fingerprint density at radius 1 is 0.419 bits per heavy atom. The number of methoxy groups -OCH3 is 3. The maximum Gasteiger partial charge on any atom is 0.309 e. The molecule has 19 nitrogen and oxygen atoms in total. The van der Waals surface area contributed by atoms with Crippen LogP contribution in [0.4, 0.5) is 13.2 Å². The number of rotatable bonds is 29. The number of benzene rings is 8. The van der Waals surface area contributed by atoms with Crippen LogP contribution in [-0.4, -0.2) is 145 Å². The molecule has 4 saturated carbocycles. The zero-order chi connectivity index (χ0) is 91.0. The number of pyridine rings is 4. The highest BCUT2D eigenvalue weighted by molar-refractivity contribution is 6.04. The molecule has 666 valence electrons. The van der Waals surface area contributed by atoms with Gasteiger partial charge in [-0.25, -0.2) is 13.2 Å². The van der Waals surface area contributed by atoms with Crippen molar-refractivity contribution in [3.63, 3.8) is 0 Å². The average Bonchev–Trinajstić information content (AvgIpc) is 1.64. The first-order chi connectivity index (χ1) is 62.2. The fourth-order valence-electron chi connectivity index (χ4n) is 16.3. The molecule has 22 heteroatoms.